The average molecular weight is 373 g/mol. The fraction of sp³-hybridized carbons (Fsp3) is 0.909. The first-order valence-electron chi connectivity index (χ1n) is 10.8. The zero-order chi connectivity index (χ0) is 19.1. The summed E-state index contributed by atoms with van der Waals surface area (Å²) in [5.74, 6) is 0. The van der Waals surface area contributed by atoms with Crippen molar-refractivity contribution in [1.82, 2.24) is 0 Å². The van der Waals surface area contributed by atoms with Gasteiger partial charge in [0.15, 0.2) is 13.1 Å². The second-order valence-corrected chi connectivity index (χ2v) is 6.88. The number of allylic oxidation sites excluding steroid dienone is 1. The summed E-state index contributed by atoms with van der Waals surface area (Å²) in [6, 6.07) is 0. The van der Waals surface area contributed by atoms with Crippen molar-refractivity contribution in [3.63, 3.8) is 0 Å². The third kappa shape index (κ3) is 19.7. The van der Waals surface area contributed by atoms with E-state index in [1.165, 1.54) is 57.8 Å². The Morgan fingerprint density at radius 1 is 0.731 bits per heavy atom. The van der Waals surface area contributed by atoms with E-state index in [1.807, 2.05) is 0 Å². The van der Waals surface area contributed by atoms with E-state index in [-0.39, 0.29) is 6.29 Å². The molecular formula is C22H44O4. The minimum absolute atomic E-state index is 0.0141. The zero-order valence-corrected chi connectivity index (χ0v) is 17.7. The van der Waals surface area contributed by atoms with Crippen LogP contribution in [0.5, 0.6) is 0 Å². The highest BCUT2D eigenvalue weighted by atomic mass is 16.7. The van der Waals surface area contributed by atoms with E-state index in [9.17, 15) is 0 Å². The van der Waals surface area contributed by atoms with Crippen molar-refractivity contribution >= 4 is 0 Å². The van der Waals surface area contributed by atoms with Crippen LogP contribution in [0.4, 0.5) is 0 Å². The summed E-state index contributed by atoms with van der Waals surface area (Å²) < 4.78 is 21.7. The Balaban J connectivity index is 3.48. The Hall–Kier alpha value is -0.580. The largest absolute Gasteiger partial charge is 0.476 e. The number of hydrogen-bond acceptors (Lipinski definition) is 4. The van der Waals surface area contributed by atoms with Crippen molar-refractivity contribution in [2.45, 2.75) is 104 Å². The molecule has 0 atom stereocenters. The predicted molar refractivity (Wildman–Crippen MR) is 109 cm³/mol. The molecule has 4 nitrogen and oxygen atoms in total. The maximum absolute atomic E-state index is 5.89. The van der Waals surface area contributed by atoms with Crippen LogP contribution in [-0.4, -0.2) is 33.4 Å². The lowest BCUT2D eigenvalue weighted by Gasteiger charge is -2.18. The predicted octanol–water partition coefficient (Wildman–Crippen LogP) is 6.59. The highest BCUT2D eigenvalue weighted by molar-refractivity contribution is 4.72. The molecule has 0 unspecified atom stereocenters. The lowest BCUT2D eigenvalue weighted by Crippen LogP contribution is -2.18. The quantitative estimate of drug-likeness (QED) is 0.129. The minimum Gasteiger partial charge on any atom is -0.476 e. The summed E-state index contributed by atoms with van der Waals surface area (Å²) in [4.78, 5) is 0. The van der Waals surface area contributed by atoms with Crippen LogP contribution in [0.25, 0.3) is 0 Å². The molecule has 0 spiro atoms. The van der Waals surface area contributed by atoms with Gasteiger partial charge in [0.25, 0.3) is 0 Å². The van der Waals surface area contributed by atoms with Crippen molar-refractivity contribution in [3.8, 4) is 0 Å². The molecule has 0 amide bonds. The van der Waals surface area contributed by atoms with Gasteiger partial charge in [0.1, 0.15) is 0 Å². The van der Waals surface area contributed by atoms with E-state index in [4.69, 9.17) is 18.9 Å². The molecule has 0 aromatic rings. The van der Waals surface area contributed by atoms with Gasteiger partial charge in [-0.1, -0.05) is 58.8 Å². The highest BCUT2D eigenvalue weighted by Crippen LogP contribution is 2.13. The van der Waals surface area contributed by atoms with Crippen LogP contribution in [-0.2, 0) is 18.9 Å². The van der Waals surface area contributed by atoms with Crippen LogP contribution in [0.3, 0.4) is 0 Å². The Labute approximate surface area is 162 Å². The molecule has 0 saturated heterocycles. The number of methoxy groups -OCH3 is 1. The Kier molecular flexibility index (Phi) is 22.0. The molecule has 0 N–H and O–H groups in total. The molecule has 0 bridgehead atoms. The van der Waals surface area contributed by atoms with Crippen molar-refractivity contribution < 1.29 is 18.9 Å². The maximum Gasteiger partial charge on any atom is 0.187 e. The van der Waals surface area contributed by atoms with Gasteiger partial charge in [-0.05, 0) is 44.6 Å². The molecule has 26 heavy (non-hydrogen) atoms. The van der Waals surface area contributed by atoms with E-state index in [2.05, 4.69) is 19.9 Å². The van der Waals surface area contributed by atoms with Crippen molar-refractivity contribution in [3.05, 3.63) is 12.3 Å². The highest BCUT2D eigenvalue weighted by Gasteiger charge is 2.08. The molecule has 0 aliphatic rings. The van der Waals surface area contributed by atoms with Gasteiger partial charge in [0.2, 0.25) is 0 Å². The number of rotatable bonds is 21. The first-order chi connectivity index (χ1) is 12.8. The Morgan fingerprint density at radius 2 is 1.31 bits per heavy atom. The standard InChI is InChI=1S/C22H44O4/c1-4-6-19-25-22(26-20-7-5-2)17-15-13-11-9-8-10-12-14-16-18-24-21-23-3/h16,18,22H,4-15,17,19-21H2,1-3H3. The molecule has 0 aromatic carbocycles. The number of hydrogen-bond donors (Lipinski definition) is 0. The van der Waals surface area contributed by atoms with E-state index in [0.29, 0.717) is 6.79 Å². The van der Waals surface area contributed by atoms with E-state index < -0.39 is 0 Å². The fourth-order valence-corrected chi connectivity index (χ4v) is 2.63. The van der Waals surface area contributed by atoms with Crippen LogP contribution >= 0.6 is 0 Å². The monoisotopic (exact) mass is 372 g/mol. The van der Waals surface area contributed by atoms with Crippen LogP contribution in [0.1, 0.15) is 97.3 Å². The van der Waals surface area contributed by atoms with Crippen LogP contribution in [0.15, 0.2) is 12.3 Å². The SMILES string of the molecule is CCCCOC(CCCCCCCCCC=COCOC)OCCCC. The normalized spacial score (nSPS) is 11.7. The van der Waals surface area contributed by atoms with E-state index in [0.717, 1.165) is 38.9 Å². The zero-order valence-electron chi connectivity index (χ0n) is 17.7. The van der Waals surface area contributed by atoms with E-state index in [1.54, 1.807) is 13.4 Å². The van der Waals surface area contributed by atoms with Gasteiger partial charge in [0, 0.05) is 20.3 Å². The molecule has 0 radical (unpaired) electrons. The van der Waals surface area contributed by atoms with Gasteiger partial charge >= 0.3 is 0 Å². The topological polar surface area (TPSA) is 36.9 Å². The average Bonchev–Trinajstić information content (AvgIpc) is 2.65. The molecule has 4 heteroatoms. The summed E-state index contributed by atoms with van der Waals surface area (Å²) >= 11 is 0. The lowest BCUT2D eigenvalue weighted by molar-refractivity contribution is -0.147. The van der Waals surface area contributed by atoms with Gasteiger partial charge in [-0.2, -0.15) is 0 Å². The van der Waals surface area contributed by atoms with Crippen molar-refractivity contribution in [1.29, 1.82) is 0 Å². The fourth-order valence-electron chi connectivity index (χ4n) is 2.63. The molecule has 0 aliphatic carbocycles. The van der Waals surface area contributed by atoms with Gasteiger partial charge in [-0.25, -0.2) is 0 Å². The molecule has 0 fully saturated rings. The van der Waals surface area contributed by atoms with Crippen molar-refractivity contribution in [2.24, 2.45) is 0 Å². The van der Waals surface area contributed by atoms with Crippen LogP contribution in [0.2, 0.25) is 0 Å². The van der Waals surface area contributed by atoms with Crippen LogP contribution < -0.4 is 0 Å². The summed E-state index contributed by atoms with van der Waals surface area (Å²) in [5.41, 5.74) is 0. The van der Waals surface area contributed by atoms with Gasteiger partial charge < -0.3 is 18.9 Å². The molecule has 0 rings (SSSR count). The second kappa shape index (κ2) is 22.5. The Bertz CT molecular complexity index is 271. The summed E-state index contributed by atoms with van der Waals surface area (Å²) in [7, 11) is 1.63. The third-order valence-electron chi connectivity index (χ3n) is 4.29. The molecule has 0 aliphatic heterocycles. The molecular weight excluding hydrogens is 328 g/mol. The molecule has 0 aromatic heterocycles. The lowest BCUT2D eigenvalue weighted by atomic mass is 10.1. The minimum atomic E-state index is 0.0141. The van der Waals surface area contributed by atoms with E-state index >= 15 is 0 Å². The number of ether oxygens (including phenoxy) is 4. The first kappa shape index (κ1) is 25.4. The van der Waals surface area contributed by atoms with Crippen molar-refractivity contribution in [2.75, 3.05) is 27.1 Å². The summed E-state index contributed by atoms with van der Waals surface area (Å²) in [5, 5.41) is 0. The molecule has 0 saturated carbocycles. The first-order valence-corrected chi connectivity index (χ1v) is 10.8. The summed E-state index contributed by atoms with van der Waals surface area (Å²) in [6.45, 7) is 6.39. The van der Waals surface area contributed by atoms with Crippen LogP contribution in [0, 0.1) is 0 Å². The summed E-state index contributed by atoms with van der Waals surface area (Å²) in [6.07, 6.45) is 19.6. The smallest absolute Gasteiger partial charge is 0.187 e. The third-order valence-corrected chi connectivity index (χ3v) is 4.29. The molecule has 0 heterocycles. The maximum atomic E-state index is 5.89. The van der Waals surface area contributed by atoms with Gasteiger partial charge in [-0.15, -0.1) is 0 Å². The van der Waals surface area contributed by atoms with Gasteiger partial charge in [0.05, 0.1) is 6.26 Å². The second-order valence-electron chi connectivity index (χ2n) is 6.88. The number of unbranched alkanes of at least 4 members (excludes halogenated alkanes) is 9. The molecule has 156 valence electrons. The Morgan fingerprint density at radius 3 is 1.88 bits per heavy atom. The van der Waals surface area contributed by atoms with Gasteiger partial charge in [-0.3, -0.25) is 0 Å².